The van der Waals surface area contributed by atoms with Crippen LogP contribution in [0.15, 0.2) is 88.1 Å². The summed E-state index contributed by atoms with van der Waals surface area (Å²) < 4.78 is 44.5. The van der Waals surface area contributed by atoms with Crippen LogP contribution in [-0.4, -0.2) is 84.5 Å². The number of benzene rings is 3. The number of anilines is 1. The molecule has 1 aliphatic heterocycles. The molecule has 5 N–H and O–H groups in total. The first-order chi connectivity index (χ1) is 20.7. The lowest BCUT2D eigenvalue weighted by Gasteiger charge is -2.39. The number of nitrogens with one attached hydrogen (secondary N) is 1. The van der Waals surface area contributed by atoms with Crippen LogP contribution < -0.4 is 14.2 Å². The van der Waals surface area contributed by atoms with E-state index in [-0.39, 0.29) is 10.0 Å². The predicted molar refractivity (Wildman–Crippen MR) is 159 cm³/mol. The molecule has 12 nitrogen and oxygen atoms in total. The van der Waals surface area contributed by atoms with Crippen LogP contribution in [0, 0.1) is 0 Å². The molecular formula is C29H29N3O9S2. The van der Waals surface area contributed by atoms with Gasteiger partial charge in [-0.1, -0.05) is 0 Å². The molecule has 0 spiro atoms. The van der Waals surface area contributed by atoms with Crippen molar-refractivity contribution >= 4 is 38.4 Å². The van der Waals surface area contributed by atoms with E-state index in [2.05, 4.69) is 14.7 Å². The molecule has 5 atom stereocenters. The van der Waals surface area contributed by atoms with Gasteiger partial charge in [0.05, 0.1) is 30.0 Å². The van der Waals surface area contributed by atoms with E-state index in [9.17, 15) is 28.8 Å². The summed E-state index contributed by atoms with van der Waals surface area (Å²) in [5, 5.41) is 41.2. The number of thiazole rings is 1. The van der Waals surface area contributed by atoms with Gasteiger partial charge in [-0.15, -0.1) is 11.3 Å². The van der Waals surface area contributed by atoms with Crippen LogP contribution in [0.4, 0.5) is 10.8 Å². The molecule has 0 radical (unpaired) electrons. The van der Waals surface area contributed by atoms with Gasteiger partial charge in [0, 0.05) is 17.2 Å². The Hall–Kier alpha value is -3.89. The average molecular weight is 628 g/mol. The third kappa shape index (κ3) is 7.19. The van der Waals surface area contributed by atoms with Gasteiger partial charge < -0.3 is 34.6 Å². The standard InChI is InChI=1S/C29H29N3O9S2/c1-39-20-8-2-17(3-9-20)14-30-19-6-12-22(13-7-19)43(37,38)32-29-31-23(16-42-29)18-4-10-21(11-5-18)40-28-27(36)26(35)25(34)24(15-33)41-28/h2-14,16,24-28,33-36H,15H2,1H3,(H,31,32)/t24-,25-,26+,27-,28-/m1/s1. The topological polar surface area (TPSA) is 180 Å². The van der Waals surface area contributed by atoms with E-state index in [0.717, 1.165) is 22.6 Å². The Labute approximate surface area is 251 Å². The van der Waals surface area contributed by atoms with Crippen LogP contribution in [0.3, 0.4) is 0 Å². The zero-order valence-electron chi connectivity index (χ0n) is 22.7. The molecule has 1 aliphatic rings. The van der Waals surface area contributed by atoms with Gasteiger partial charge in [0.15, 0.2) is 5.13 Å². The first-order valence-electron chi connectivity index (χ1n) is 13.0. The van der Waals surface area contributed by atoms with E-state index in [4.69, 9.17) is 14.2 Å². The molecule has 14 heteroatoms. The maximum absolute atomic E-state index is 13.0. The van der Waals surface area contributed by atoms with Gasteiger partial charge in [-0.05, 0) is 78.4 Å². The van der Waals surface area contributed by atoms with Crippen molar-refractivity contribution in [2.24, 2.45) is 4.99 Å². The molecule has 0 saturated carbocycles. The summed E-state index contributed by atoms with van der Waals surface area (Å²) in [7, 11) is -2.31. The van der Waals surface area contributed by atoms with Crippen molar-refractivity contribution < 1.29 is 43.1 Å². The lowest BCUT2D eigenvalue weighted by molar-refractivity contribution is -0.277. The highest BCUT2D eigenvalue weighted by atomic mass is 32.2. The van der Waals surface area contributed by atoms with E-state index in [1.807, 2.05) is 24.3 Å². The zero-order valence-corrected chi connectivity index (χ0v) is 24.4. The number of ether oxygens (including phenoxy) is 3. The molecule has 2 heterocycles. The summed E-state index contributed by atoms with van der Waals surface area (Å²) >= 11 is 1.12. The Morgan fingerprint density at radius 3 is 2.28 bits per heavy atom. The fraction of sp³-hybridized carbons (Fsp3) is 0.241. The first-order valence-corrected chi connectivity index (χ1v) is 15.4. The Balaban J connectivity index is 1.20. The van der Waals surface area contributed by atoms with Gasteiger partial charge in [-0.2, -0.15) is 0 Å². The number of sulfonamides is 1. The van der Waals surface area contributed by atoms with E-state index in [0.29, 0.717) is 22.7 Å². The van der Waals surface area contributed by atoms with Crippen molar-refractivity contribution in [2.45, 2.75) is 35.6 Å². The molecule has 226 valence electrons. The van der Waals surface area contributed by atoms with Crippen molar-refractivity contribution in [3.8, 4) is 22.8 Å². The van der Waals surface area contributed by atoms with Crippen molar-refractivity contribution in [3.05, 3.63) is 83.7 Å². The molecule has 1 aromatic heterocycles. The van der Waals surface area contributed by atoms with Crippen molar-refractivity contribution in [1.82, 2.24) is 4.98 Å². The quantitative estimate of drug-likeness (QED) is 0.164. The number of hydrogen-bond donors (Lipinski definition) is 5. The fourth-order valence-corrected chi connectivity index (χ4v) is 6.15. The fourth-order valence-electron chi connectivity index (χ4n) is 4.18. The summed E-state index contributed by atoms with van der Waals surface area (Å²) in [4.78, 5) is 8.82. The lowest BCUT2D eigenvalue weighted by atomic mass is 9.99. The second-order valence-corrected chi connectivity index (χ2v) is 12.0. The molecule has 0 aliphatic carbocycles. The zero-order chi connectivity index (χ0) is 30.6. The Morgan fingerprint density at radius 1 is 0.953 bits per heavy atom. The molecule has 3 aromatic carbocycles. The van der Waals surface area contributed by atoms with Crippen molar-refractivity contribution in [1.29, 1.82) is 0 Å². The number of aliphatic hydroxyl groups excluding tert-OH is 4. The third-order valence-corrected chi connectivity index (χ3v) is 8.84. The van der Waals surface area contributed by atoms with Crippen LogP contribution in [0.2, 0.25) is 0 Å². The smallest absolute Gasteiger partial charge is 0.263 e. The minimum atomic E-state index is -3.90. The minimum Gasteiger partial charge on any atom is -0.497 e. The van der Waals surface area contributed by atoms with Crippen LogP contribution >= 0.6 is 11.3 Å². The van der Waals surface area contributed by atoms with Crippen LogP contribution in [0.1, 0.15) is 5.56 Å². The number of aromatic nitrogens is 1. The summed E-state index contributed by atoms with van der Waals surface area (Å²) in [5.74, 6) is 1.03. The molecule has 5 rings (SSSR count). The van der Waals surface area contributed by atoms with Crippen LogP contribution in [0.5, 0.6) is 11.5 Å². The van der Waals surface area contributed by atoms with E-state index in [1.165, 1.54) is 12.1 Å². The molecule has 1 fully saturated rings. The number of aliphatic hydroxyl groups is 4. The maximum atomic E-state index is 13.0. The SMILES string of the molecule is COc1ccc(C=Nc2ccc(S(=O)(=O)Nc3nc(-c4ccc(O[C@@H]5O[C@H](CO)[C@@H](O)[C@H](O)[C@H]5O)cc4)cs3)cc2)cc1. The van der Waals surface area contributed by atoms with Crippen LogP contribution in [-0.2, 0) is 14.8 Å². The third-order valence-electron chi connectivity index (χ3n) is 6.60. The highest BCUT2D eigenvalue weighted by Gasteiger charge is 2.44. The molecule has 1 saturated heterocycles. The Bertz CT molecular complexity index is 1640. The molecule has 43 heavy (non-hydrogen) atoms. The molecular weight excluding hydrogens is 598 g/mol. The van der Waals surface area contributed by atoms with Gasteiger partial charge >= 0.3 is 0 Å². The van der Waals surface area contributed by atoms with E-state index < -0.39 is 47.3 Å². The summed E-state index contributed by atoms with van der Waals surface area (Å²) in [6.45, 7) is -0.565. The number of rotatable bonds is 10. The van der Waals surface area contributed by atoms with Gasteiger partial charge in [-0.3, -0.25) is 9.71 Å². The summed E-state index contributed by atoms with van der Waals surface area (Å²) in [6.07, 6.45) is -5.29. The number of aliphatic imine (C=N–C) groups is 1. The summed E-state index contributed by atoms with van der Waals surface area (Å²) in [5.41, 5.74) is 2.65. The Kier molecular flexibility index (Phi) is 9.37. The minimum absolute atomic E-state index is 0.0577. The molecule has 0 bridgehead atoms. The molecule has 4 aromatic rings. The van der Waals surface area contributed by atoms with E-state index in [1.54, 1.807) is 55.1 Å². The highest BCUT2D eigenvalue weighted by Crippen LogP contribution is 2.30. The highest BCUT2D eigenvalue weighted by molar-refractivity contribution is 7.93. The van der Waals surface area contributed by atoms with Crippen LogP contribution in [0.25, 0.3) is 11.3 Å². The largest absolute Gasteiger partial charge is 0.497 e. The molecule has 0 unspecified atom stereocenters. The normalized spacial score (nSPS) is 22.4. The molecule has 0 amide bonds. The lowest BCUT2D eigenvalue weighted by Crippen LogP contribution is -2.60. The second kappa shape index (κ2) is 13.2. The monoisotopic (exact) mass is 627 g/mol. The van der Waals surface area contributed by atoms with Gasteiger partial charge in [-0.25, -0.2) is 13.4 Å². The van der Waals surface area contributed by atoms with Gasteiger partial charge in [0.2, 0.25) is 6.29 Å². The number of methoxy groups -OCH3 is 1. The van der Waals surface area contributed by atoms with E-state index >= 15 is 0 Å². The van der Waals surface area contributed by atoms with Gasteiger partial charge in [0.1, 0.15) is 35.9 Å². The number of nitrogens with zero attached hydrogens (tertiary/aromatic N) is 2. The predicted octanol–water partition coefficient (Wildman–Crippen LogP) is 2.55. The Morgan fingerprint density at radius 2 is 1.63 bits per heavy atom. The average Bonchev–Trinajstić information content (AvgIpc) is 3.48. The van der Waals surface area contributed by atoms with Crippen molar-refractivity contribution in [2.75, 3.05) is 18.4 Å². The summed E-state index contributed by atoms with van der Waals surface area (Å²) in [6, 6.07) is 20.0. The maximum Gasteiger partial charge on any atom is 0.263 e. The first kappa shape index (κ1) is 30.6. The van der Waals surface area contributed by atoms with Crippen molar-refractivity contribution in [3.63, 3.8) is 0 Å². The number of hydrogen-bond acceptors (Lipinski definition) is 12. The van der Waals surface area contributed by atoms with Gasteiger partial charge in [0.25, 0.3) is 10.0 Å². The second-order valence-electron chi connectivity index (χ2n) is 9.51.